The Hall–Kier alpha value is -2.60. The zero-order valence-electron chi connectivity index (χ0n) is 12.8. The highest BCUT2D eigenvalue weighted by Crippen LogP contribution is 2.30. The maximum Gasteiger partial charge on any atom is 0.228 e. The van der Waals surface area contributed by atoms with Crippen LogP contribution in [0.4, 0.5) is 5.95 Å². The molecule has 0 saturated heterocycles. The summed E-state index contributed by atoms with van der Waals surface area (Å²) in [5, 5.41) is 9.31. The minimum atomic E-state index is 0.231. The summed E-state index contributed by atoms with van der Waals surface area (Å²) in [5.41, 5.74) is 4.65. The molecule has 0 bridgehead atoms. The van der Waals surface area contributed by atoms with E-state index in [9.17, 15) is 0 Å². The highest BCUT2D eigenvalue weighted by atomic mass is 35.5. The molecule has 5 rings (SSSR count). The van der Waals surface area contributed by atoms with Gasteiger partial charge in [0.1, 0.15) is 0 Å². The van der Waals surface area contributed by atoms with E-state index in [2.05, 4.69) is 49.6 Å². The normalized spacial score (nSPS) is 17.3. The molecule has 4 aromatic rings. The minimum absolute atomic E-state index is 0.231. The summed E-state index contributed by atoms with van der Waals surface area (Å²) in [5.74, 6) is 0.642. The fraction of sp³-hybridized carbons (Fsp3) is 0.235. The first kappa shape index (κ1) is 13.8. The van der Waals surface area contributed by atoms with Crippen molar-refractivity contribution in [2.75, 3.05) is 5.32 Å². The summed E-state index contributed by atoms with van der Waals surface area (Å²) in [6, 6.07) is 10.6. The van der Waals surface area contributed by atoms with Crippen LogP contribution in [-0.2, 0) is 12.8 Å². The highest BCUT2D eigenvalue weighted by molar-refractivity contribution is 6.28. The molecule has 0 unspecified atom stereocenters. The van der Waals surface area contributed by atoms with Gasteiger partial charge < -0.3 is 10.3 Å². The SMILES string of the molecule is Clc1nc(N[C@@H]2CCc3[nH]c4ccccc4c3C2)n2nccc2n1. The van der Waals surface area contributed by atoms with Gasteiger partial charge in [0.05, 0.1) is 6.20 Å². The van der Waals surface area contributed by atoms with Crippen LogP contribution >= 0.6 is 11.6 Å². The van der Waals surface area contributed by atoms with Crippen LogP contribution in [0.2, 0.25) is 5.28 Å². The Labute approximate surface area is 142 Å². The number of H-pyrrole nitrogens is 1. The van der Waals surface area contributed by atoms with Gasteiger partial charge >= 0.3 is 0 Å². The number of hydrogen-bond donors (Lipinski definition) is 2. The number of aromatic nitrogens is 5. The summed E-state index contributed by atoms with van der Waals surface area (Å²) >= 11 is 6.03. The Bertz CT molecular complexity index is 1050. The van der Waals surface area contributed by atoms with Crippen molar-refractivity contribution < 1.29 is 0 Å². The van der Waals surface area contributed by atoms with Gasteiger partial charge in [-0.3, -0.25) is 0 Å². The van der Waals surface area contributed by atoms with Gasteiger partial charge in [-0.2, -0.15) is 19.6 Å². The topological polar surface area (TPSA) is 70.9 Å². The molecular formula is C17H15ClN6. The lowest BCUT2D eigenvalue weighted by molar-refractivity contribution is 0.599. The Morgan fingerprint density at radius 2 is 2.12 bits per heavy atom. The minimum Gasteiger partial charge on any atom is -0.358 e. The number of para-hydroxylation sites is 1. The standard InChI is InChI=1S/C17H15ClN6/c18-16-22-15-7-8-19-24(15)17(23-16)20-10-5-6-14-12(9-10)11-3-1-2-4-13(11)21-14/h1-4,7-8,10,21H,5-6,9H2,(H,20,22,23)/t10-/m1/s1. The van der Waals surface area contributed by atoms with E-state index in [1.807, 2.05) is 6.07 Å². The first-order valence-electron chi connectivity index (χ1n) is 8.00. The van der Waals surface area contributed by atoms with Crippen LogP contribution in [0.15, 0.2) is 36.5 Å². The lowest BCUT2D eigenvalue weighted by Crippen LogP contribution is -2.28. The van der Waals surface area contributed by atoms with Crippen LogP contribution in [0.3, 0.4) is 0 Å². The maximum absolute atomic E-state index is 6.03. The fourth-order valence-electron chi connectivity index (χ4n) is 3.57. The second-order valence-electron chi connectivity index (χ2n) is 6.13. The third kappa shape index (κ3) is 2.14. The number of nitrogens with one attached hydrogen (secondary N) is 2. The summed E-state index contributed by atoms with van der Waals surface area (Å²) < 4.78 is 1.69. The van der Waals surface area contributed by atoms with Gasteiger partial charge in [-0.25, -0.2) is 0 Å². The van der Waals surface area contributed by atoms with Gasteiger partial charge in [0, 0.05) is 28.7 Å². The van der Waals surface area contributed by atoms with Crippen LogP contribution in [0.1, 0.15) is 17.7 Å². The van der Waals surface area contributed by atoms with Crippen molar-refractivity contribution in [3.8, 4) is 0 Å². The Morgan fingerprint density at radius 1 is 1.21 bits per heavy atom. The highest BCUT2D eigenvalue weighted by Gasteiger charge is 2.23. The predicted octanol–water partition coefficient (Wildman–Crippen LogP) is 3.23. The molecule has 3 heterocycles. The number of anilines is 1. The summed E-state index contributed by atoms with van der Waals surface area (Å²) in [6.45, 7) is 0. The van der Waals surface area contributed by atoms with E-state index in [1.165, 1.54) is 22.2 Å². The average Bonchev–Trinajstić information content (AvgIpc) is 3.19. The second kappa shape index (κ2) is 5.21. The van der Waals surface area contributed by atoms with E-state index in [-0.39, 0.29) is 11.3 Å². The Morgan fingerprint density at radius 3 is 3.08 bits per heavy atom. The van der Waals surface area contributed by atoms with E-state index in [1.54, 1.807) is 10.7 Å². The molecule has 6 nitrogen and oxygen atoms in total. The van der Waals surface area contributed by atoms with Crippen molar-refractivity contribution in [2.24, 2.45) is 0 Å². The number of benzene rings is 1. The number of fused-ring (bicyclic) bond motifs is 4. The van der Waals surface area contributed by atoms with E-state index in [0.717, 1.165) is 19.3 Å². The molecule has 0 amide bonds. The Kier molecular flexibility index (Phi) is 2.99. The van der Waals surface area contributed by atoms with Gasteiger partial charge in [0.15, 0.2) is 5.65 Å². The molecule has 1 aromatic carbocycles. The quantitative estimate of drug-likeness (QED) is 0.588. The van der Waals surface area contributed by atoms with Crippen LogP contribution in [0.25, 0.3) is 16.6 Å². The van der Waals surface area contributed by atoms with Gasteiger partial charge in [-0.15, -0.1) is 0 Å². The van der Waals surface area contributed by atoms with Crippen molar-refractivity contribution in [3.63, 3.8) is 0 Å². The molecule has 0 aliphatic heterocycles. The molecule has 0 radical (unpaired) electrons. The number of nitrogens with zero attached hydrogens (tertiary/aromatic N) is 4. The molecule has 1 atom stereocenters. The van der Waals surface area contributed by atoms with Crippen molar-refractivity contribution in [1.29, 1.82) is 0 Å². The third-order valence-corrected chi connectivity index (χ3v) is 4.83. The van der Waals surface area contributed by atoms with Crippen LogP contribution in [-0.4, -0.2) is 30.6 Å². The molecule has 3 aromatic heterocycles. The largest absolute Gasteiger partial charge is 0.358 e. The average molecular weight is 339 g/mol. The lowest BCUT2D eigenvalue weighted by atomic mass is 9.91. The molecule has 120 valence electrons. The zero-order valence-corrected chi connectivity index (χ0v) is 13.6. The second-order valence-corrected chi connectivity index (χ2v) is 6.47. The van der Waals surface area contributed by atoms with E-state index in [4.69, 9.17) is 11.6 Å². The number of aryl methyl sites for hydroxylation is 1. The fourth-order valence-corrected chi connectivity index (χ4v) is 3.73. The van der Waals surface area contributed by atoms with E-state index < -0.39 is 0 Å². The number of rotatable bonds is 2. The first-order valence-corrected chi connectivity index (χ1v) is 8.38. The van der Waals surface area contributed by atoms with Crippen molar-refractivity contribution in [3.05, 3.63) is 53.1 Å². The van der Waals surface area contributed by atoms with Crippen molar-refractivity contribution in [1.82, 2.24) is 24.6 Å². The monoisotopic (exact) mass is 338 g/mol. The predicted molar refractivity (Wildman–Crippen MR) is 93.5 cm³/mol. The summed E-state index contributed by atoms with van der Waals surface area (Å²) in [6.07, 6.45) is 4.70. The van der Waals surface area contributed by atoms with Crippen LogP contribution < -0.4 is 5.32 Å². The first-order chi connectivity index (χ1) is 11.8. The summed E-state index contributed by atoms with van der Waals surface area (Å²) in [7, 11) is 0. The molecule has 0 spiro atoms. The zero-order chi connectivity index (χ0) is 16.1. The lowest BCUT2D eigenvalue weighted by Gasteiger charge is -2.24. The number of aromatic amines is 1. The summed E-state index contributed by atoms with van der Waals surface area (Å²) in [4.78, 5) is 12.0. The Balaban J connectivity index is 1.49. The molecule has 1 aliphatic rings. The van der Waals surface area contributed by atoms with Gasteiger partial charge in [-0.1, -0.05) is 18.2 Å². The van der Waals surface area contributed by atoms with Crippen LogP contribution in [0.5, 0.6) is 0 Å². The van der Waals surface area contributed by atoms with E-state index in [0.29, 0.717) is 11.6 Å². The van der Waals surface area contributed by atoms with Gasteiger partial charge in [-0.05, 0) is 42.5 Å². The maximum atomic E-state index is 6.03. The van der Waals surface area contributed by atoms with Gasteiger partial charge in [0.2, 0.25) is 11.2 Å². The van der Waals surface area contributed by atoms with Crippen molar-refractivity contribution in [2.45, 2.75) is 25.3 Å². The molecule has 0 fully saturated rings. The van der Waals surface area contributed by atoms with Gasteiger partial charge in [0.25, 0.3) is 0 Å². The molecular weight excluding hydrogens is 324 g/mol. The smallest absolute Gasteiger partial charge is 0.228 e. The number of halogens is 1. The molecule has 0 saturated carbocycles. The third-order valence-electron chi connectivity index (χ3n) is 4.66. The molecule has 24 heavy (non-hydrogen) atoms. The van der Waals surface area contributed by atoms with Crippen LogP contribution in [0, 0.1) is 0 Å². The van der Waals surface area contributed by atoms with E-state index >= 15 is 0 Å². The molecule has 1 aliphatic carbocycles. The molecule has 2 N–H and O–H groups in total. The molecule has 7 heteroatoms. The number of hydrogen-bond acceptors (Lipinski definition) is 4. The van der Waals surface area contributed by atoms with Crippen molar-refractivity contribution >= 4 is 34.1 Å².